The number of methoxy groups -OCH3 is 3. The predicted octanol–water partition coefficient (Wildman–Crippen LogP) is 2.57. The summed E-state index contributed by atoms with van der Waals surface area (Å²) in [4.78, 5) is 12.5. The third kappa shape index (κ3) is 3.45. The lowest BCUT2D eigenvalue weighted by Gasteiger charge is -2.13. The molecule has 24 heavy (non-hydrogen) atoms. The van der Waals surface area contributed by atoms with Crippen LogP contribution in [0.15, 0.2) is 24.5 Å². The first-order valence-corrected chi connectivity index (χ1v) is 7.78. The van der Waals surface area contributed by atoms with Gasteiger partial charge in [-0.15, -0.1) is 0 Å². The summed E-state index contributed by atoms with van der Waals surface area (Å²) in [5, 5.41) is 7.11. The van der Waals surface area contributed by atoms with E-state index in [-0.39, 0.29) is 5.91 Å². The van der Waals surface area contributed by atoms with Gasteiger partial charge in [0.1, 0.15) is 0 Å². The molecular formula is C17H21N3O4. The first-order chi connectivity index (χ1) is 11.6. The van der Waals surface area contributed by atoms with Crippen molar-refractivity contribution in [3.63, 3.8) is 0 Å². The average Bonchev–Trinajstić information content (AvgIpc) is 3.31. The second-order valence-electron chi connectivity index (χ2n) is 5.76. The lowest BCUT2D eigenvalue weighted by Crippen LogP contribution is -2.12. The van der Waals surface area contributed by atoms with Crippen LogP contribution in [0.5, 0.6) is 17.2 Å². The van der Waals surface area contributed by atoms with Crippen molar-refractivity contribution in [2.45, 2.75) is 19.4 Å². The van der Waals surface area contributed by atoms with Gasteiger partial charge in [0.15, 0.2) is 11.5 Å². The fraction of sp³-hybridized carbons (Fsp3) is 0.412. The quantitative estimate of drug-likeness (QED) is 0.844. The van der Waals surface area contributed by atoms with Crippen molar-refractivity contribution in [2.75, 3.05) is 26.6 Å². The molecule has 7 heteroatoms. The van der Waals surface area contributed by atoms with Crippen LogP contribution in [0.1, 0.15) is 23.2 Å². The monoisotopic (exact) mass is 331 g/mol. The molecule has 0 atom stereocenters. The van der Waals surface area contributed by atoms with Crippen LogP contribution in [0.3, 0.4) is 0 Å². The van der Waals surface area contributed by atoms with Gasteiger partial charge in [0, 0.05) is 18.3 Å². The molecule has 1 saturated carbocycles. The van der Waals surface area contributed by atoms with E-state index in [4.69, 9.17) is 14.2 Å². The van der Waals surface area contributed by atoms with E-state index < -0.39 is 0 Å². The molecule has 1 aliphatic rings. The van der Waals surface area contributed by atoms with Crippen LogP contribution in [0, 0.1) is 5.92 Å². The molecule has 0 unspecified atom stereocenters. The van der Waals surface area contributed by atoms with Crippen molar-refractivity contribution >= 4 is 11.6 Å². The van der Waals surface area contributed by atoms with Gasteiger partial charge in [-0.2, -0.15) is 5.10 Å². The number of nitrogens with one attached hydrogen (secondary N) is 1. The van der Waals surface area contributed by atoms with Gasteiger partial charge in [0.05, 0.1) is 33.2 Å². The number of amides is 1. The number of hydrogen-bond acceptors (Lipinski definition) is 5. The van der Waals surface area contributed by atoms with E-state index in [1.165, 1.54) is 34.2 Å². The number of carbonyl (C=O) groups is 1. The average molecular weight is 331 g/mol. The summed E-state index contributed by atoms with van der Waals surface area (Å²) in [6.07, 6.45) is 6.01. The highest BCUT2D eigenvalue weighted by atomic mass is 16.5. The van der Waals surface area contributed by atoms with Gasteiger partial charge in [-0.1, -0.05) is 0 Å². The molecular weight excluding hydrogens is 310 g/mol. The topological polar surface area (TPSA) is 74.6 Å². The fourth-order valence-electron chi connectivity index (χ4n) is 2.51. The minimum Gasteiger partial charge on any atom is -0.493 e. The van der Waals surface area contributed by atoms with E-state index in [0.717, 1.165) is 12.5 Å². The van der Waals surface area contributed by atoms with E-state index in [1.54, 1.807) is 18.3 Å². The second-order valence-corrected chi connectivity index (χ2v) is 5.76. The highest BCUT2D eigenvalue weighted by Gasteiger charge is 2.22. The zero-order valence-electron chi connectivity index (χ0n) is 14.0. The number of ether oxygens (including phenoxy) is 3. The molecule has 7 nitrogen and oxygen atoms in total. The molecule has 0 aliphatic heterocycles. The Labute approximate surface area is 140 Å². The maximum Gasteiger partial charge on any atom is 0.256 e. The van der Waals surface area contributed by atoms with Gasteiger partial charge >= 0.3 is 0 Å². The summed E-state index contributed by atoms with van der Waals surface area (Å²) < 4.78 is 17.7. The van der Waals surface area contributed by atoms with Gasteiger partial charge in [-0.3, -0.25) is 9.48 Å². The number of hydrogen-bond donors (Lipinski definition) is 1. The molecule has 0 bridgehead atoms. The van der Waals surface area contributed by atoms with Gasteiger partial charge in [-0.25, -0.2) is 0 Å². The van der Waals surface area contributed by atoms with Crippen molar-refractivity contribution in [1.82, 2.24) is 9.78 Å². The molecule has 1 fully saturated rings. The Kier molecular flexibility index (Phi) is 4.59. The molecule has 0 saturated heterocycles. The number of anilines is 1. The van der Waals surface area contributed by atoms with Crippen molar-refractivity contribution in [3.05, 3.63) is 30.1 Å². The third-order valence-electron chi connectivity index (χ3n) is 3.96. The first-order valence-electron chi connectivity index (χ1n) is 7.78. The Morgan fingerprint density at radius 3 is 2.42 bits per heavy atom. The SMILES string of the molecule is COc1cc(C(=O)Nc2cnn(CC3CC3)c2)cc(OC)c1OC. The number of carbonyl (C=O) groups excluding carboxylic acids is 1. The van der Waals surface area contributed by atoms with E-state index in [9.17, 15) is 4.79 Å². The number of benzene rings is 1. The van der Waals surface area contributed by atoms with E-state index in [2.05, 4.69) is 10.4 Å². The Morgan fingerprint density at radius 2 is 1.88 bits per heavy atom. The molecule has 1 aromatic carbocycles. The highest BCUT2D eigenvalue weighted by molar-refractivity contribution is 6.05. The third-order valence-corrected chi connectivity index (χ3v) is 3.96. The predicted molar refractivity (Wildman–Crippen MR) is 89.0 cm³/mol. The van der Waals surface area contributed by atoms with E-state index in [1.807, 2.05) is 10.9 Å². The molecule has 1 aromatic heterocycles. The van der Waals surface area contributed by atoms with Crippen LogP contribution in [0.4, 0.5) is 5.69 Å². The van der Waals surface area contributed by atoms with Crippen LogP contribution in [-0.2, 0) is 6.54 Å². The number of aromatic nitrogens is 2. The molecule has 3 rings (SSSR count). The largest absolute Gasteiger partial charge is 0.493 e. The highest BCUT2D eigenvalue weighted by Crippen LogP contribution is 2.38. The summed E-state index contributed by atoms with van der Waals surface area (Å²) in [5.41, 5.74) is 1.08. The van der Waals surface area contributed by atoms with Crippen LogP contribution >= 0.6 is 0 Å². The Balaban J connectivity index is 1.77. The maximum atomic E-state index is 12.5. The van der Waals surface area contributed by atoms with Crippen LogP contribution in [0.2, 0.25) is 0 Å². The maximum absolute atomic E-state index is 12.5. The van der Waals surface area contributed by atoms with E-state index in [0.29, 0.717) is 28.5 Å². The zero-order valence-corrected chi connectivity index (χ0v) is 14.0. The van der Waals surface area contributed by atoms with Crippen molar-refractivity contribution in [1.29, 1.82) is 0 Å². The van der Waals surface area contributed by atoms with E-state index >= 15 is 0 Å². The Bertz CT molecular complexity index is 712. The zero-order chi connectivity index (χ0) is 17.1. The lowest BCUT2D eigenvalue weighted by atomic mass is 10.1. The van der Waals surface area contributed by atoms with Crippen LogP contribution < -0.4 is 19.5 Å². The van der Waals surface area contributed by atoms with Crippen molar-refractivity contribution in [2.24, 2.45) is 5.92 Å². The summed E-state index contributed by atoms with van der Waals surface area (Å²) in [6, 6.07) is 3.23. The number of nitrogens with zero attached hydrogens (tertiary/aromatic N) is 2. The number of rotatable bonds is 7. The van der Waals surface area contributed by atoms with Crippen LogP contribution in [-0.4, -0.2) is 37.0 Å². The molecule has 0 radical (unpaired) electrons. The summed E-state index contributed by atoms with van der Waals surface area (Å²) >= 11 is 0. The lowest BCUT2D eigenvalue weighted by molar-refractivity contribution is 0.102. The summed E-state index contributed by atoms with van der Waals surface area (Å²) in [5.74, 6) is 1.79. The molecule has 0 spiro atoms. The second kappa shape index (κ2) is 6.82. The van der Waals surface area contributed by atoms with Crippen molar-refractivity contribution in [3.8, 4) is 17.2 Å². The van der Waals surface area contributed by atoms with Gasteiger partial charge in [0.2, 0.25) is 5.75 Å². The Morgan fingerprint density at radius 1 is 1.21 bits per heavy atom. The Hall–Kier alpha value is -2.70. The molecule has 1 aliphatic carbocycles. The normalized spacial score (nSPS) is 13.5. The van der Waals surface area contributed by atoms with Gasteiger partial charge < -0.3 is 19.5 Å². The summed E-state index contributed by atoms with van der Waals surface area (Å²) in [6.45, 7) is 0.903. The van der Waals surface area contributed by atoms with Crippen LogP contribution in [0.25, 0.3) is 0 Å². The molecule has 128 valence electrons. The van der Waals surface area contributed by atoms with Crippen molar-refractivity contribution < 1.29 is 19.0 Å². The molecule has 1 heterocycles. The summed E-state index contributed by atoms with van der Waals surface area (Å²) in [7, 11) is 4.55. The minimum absolute atomic E-state index is 0.264. The molecule has 1 N–H and O–H groups in total. The standard InChI is InChI=1S/C17H21N3O4/c1-22-14-6-12(7-15(23-2)16(14)24-3)17(21)19-13-8-18-20(10-13)9-11-4-5-11/h6-8,10-11H,4-5,9H2,1-3H3,(H,19,21). The smallest absolute Gasteiger partial charge is 0.256 e. The first kappa shape index (κ1) is 16.2. The molecule has 1 amide bonds. The van der Waals surface area contributed by atoms with Gasteiger partial charge in [-0.05, 0) is 30.9 Å². The van der Waals surface area contributed by atoms with Gasteiger partial charge in [0.25, 0.3) is 5.91 Å². The molecule has 2 aromatic rings. The fourth-order valence-corrected chi connectivity index (χ4v) is 2.51. The minimum atomic E-state index is -0.264.